The molecular formula is C16H29N. The van der Waals surface area contributed by atoms with Crippen LogP contribution in [0.15, 0.2) is 11.6 Å². The minimum absolute atomic E-state index is 0.720. The quantitative estimate of drug-likeness (QED) is 0.656. The molecule has 1 fully saturated rings. The third-order valence-corrected chi connectivity index (χ3v) is 4.58. The summed E-state index contributed by atoms with van der Waals surface area (Å²) in [7, 11) is 0. The maximum Gasteiger partial charge on any atom is 0.00388 e. The third-order valence-electron chi connectivity index (χ3n) is 4.58. The molecule has 0 amide bonds. The Balaban J connectivity index is 1.79. The summed E-state index contributed by atoms with van der Waals surface area (Å²) in [6.45, 7) is 7.21. The van der Waals surface area contributed by atoms with E-state index in [0.717, 1.165) is 12.0 Å². The van der Waals surface area contributed by atoms with E-state index in [4.69, 9.17) is 0 Å². The van der Waals surface area contributed by atoms with Gasteiger partial charge in [0.15, 0.2) is 0 Å². The van der Waals surface area contributed by atoms with Crippen molar-refractivity contribution in [1.29, 1.82) is 0 Å². The van der Waals surface area contributed by atoms with Crippen LogP contribution in [-0.2, 0) is 0 Å². The highest BCUT2D eigenvalue weighted by Crippen LogP contribution is 2.30. The number of hydrogen-bond acceptors (Lipinski definition) is 1. The van der Waals surface area contributed by atoms with Crippen molar-refractivity contribution < 1.29 is 0 Å². The second-order valence-corrected chi connectivity index (χ2v) is 6.24. The van der Waals surface area contributed by atoms with Gasteiger partial charge in [-0.25, -0.2) is 0 Å². The maximum atomic E-state index is 2.63. The van der Waals surface area contributed by atoms with Crippen LogP contribution < -0.4 is 0 Å². The van der Waals surface area contributed by atoms with Crippen LogP contribution in [0.5, 0.6) is 0 Å². The standard InChI is InChI=1S/C16H29N/c1-14(2)17-11-6-9-16(10-12-17)13-15-7-4-3-5-8-15/h9,14-15H,3-8,10-13H2,1-2H3. The third kappa shape index (κ3) is 4.13. The van der Waals surface area contributed by atoms with Crippen molar-refractivity contribution in [2.75, 3.05) is 13.1 Å². The molecule has 0 aromatic rings. The topological polar surface area (TPSA) is 3.24 Å². The number of nitrogens with zero attached hydrogens (tertiary/aromatic N) is 1. The summed E-state index contributed by atoms with van der Waals surface area (Å²) in [5.74, 6) is 1.01. The largest absolute Gasteiger partial charge is 0.300 e. The molecular weight excluding hydrogens is 206 g/mol. The first-order chi connectivity index (χ1) is 8.25. The number of hydrogen-bond donors (Lipinski definition) is 0. The predicted octanol–water partition coefficient (Wildman–Crippen LogP) is 4.39. The first-order valence-electron chi connectivity index (χ1n) is 7.67. The van der Waals surface area contributed by atoms with E-state index in [1.54, 1.807) is 5.57 Å². The zero-order valence-corrected chi connectivity index (χ0v) is 11.8. The van der Waals surface area contributed by atoms with Gasteiger partial charge in [0.1, 0.15) is 0 Å². The van der Waals surface area contributed by atoms with Crippen molar-refractivity contribution in [2.45, 2.75) is 71.3 Å². The Bertz CT molecular complexity index is 248. The SMILES string of the molecule is CC(C)N1CCC=C(CC2CCCCC2)CC1. The van der Waals surface area contributed by atoms with Crippen molar-refractivity contribution >= 4 is 0 Å². The molecule has 1 saturated carbocycles. The average molecular weight is 235 g/mol. The van der Waals surface area contributed by atoms with Crippen molar-refractivity contribution in [2.24, 2.45) is 5.92 Å². The molecule has 0 aromatic heterocycles. The molecule has 2 aliphatic rings. The highest BCUT2D eigenvalue weighted by Gasteiger charge is 2.17. The van der Waals surface area contributed by atoms with Gasteiger partial charge < -0.3 is 4.90 Å². The molecule has 1 heteroatoms. The molecule has 0 saturated heterocycles. The van der Waals surface area contributed by atoms with Crippen LogP contribution >= 0.6 is 0 Å². The van der Waals surface area contributed by atoms with Gasteiger partial charge in [0.05, 0.1) is 0 Å². The van der Waals surface area contributed by atoms with E-state index < -0.39 is 0 Å². The van der Waals surface area contributed by atoms with E-state index in [1.165, 1.54) is 64.5 Å². The fourth-order valence-electron chi connectivity index (χ4n) is 3.40. The summed E-state index contributed by atoms with van der Waals surface area (Å²) < 4.78 is 0. The van der Waals surface area contributed by atoms with Crippen molar-refractivity contribution in [1.82, 2.24) is 4.90 Å². The second-order valence-electron chi connectivity index (χ2n) is 6.24. The molecule has 0 spiro atoms. The fraction of sp³-hybridized carbons (Fsp3) is 0.875. The average Bonchev–Trinajstić information content (AvgIpc) is 2.56. The van der Waals surface area contributed by atoms with Gasteiger partial charge >= 0.3 is 0 Å². The van der Waals surface area contributed by atoms with E-state index >= 15 is 0 Å². The molecule has 0 aromatic carbocycles. The molecule has 1 nitrogen and oxygen atoms in total. The van der Waals surface area contributed by atoms with E-state index in [1.807, 2.05) is 0 Å². The predicted molar refractivity (Wildman–Crippen MR) is 75.2 cm³/mol. The van der Waals surface area contributed by atoms with Gasteiger partial charge in [0.25, 0.3) is 0 Å². The normalized spacial score (nSPS) is 24.8. The maximum absolute atomic E-state index is 2.63. The molecule has 0 N–H and O–H groups in total. The van der Waals surface area contributed by atoms with Gasteiger partial charge in [-0.15, -0.1) is 0 Å². The molecule has 0 atom stereocenters. The Hall–Kier alpha value is -0.300. The molecule has 17 heavy (non-hydrogen) atoms. The zero-order valence-electron chi connectivity index (χ0n) is 11.8. The fourth-order valence-corrected chi connectivity index (χ4v) is 3.40. The van der Waals surface area contributed by atoms with Gasteiger partial charge in [-0.1, -0.05) is 43.8 Å². The van der Waals surface area contributed by atoms with E-state index in [-0.39, 0.29) is 0 Å². The highest BCUT2D eigenvalue weighted by molar-refractivity contribution is 5.06. The van der Waals surface area contributed by atoms with Crippen LogP contribution in [0.1, 0.15) is 65.2 Å². The van der Waals surface area contributed by atoms with Crippen LogP contribution in [0.2, 0.25) is 0 Å². The minimum atomic E-state index is 0.720. The summed E-state index contributed by atoms with van der Waals surface area (Å²) in [6, 6.07) is 0.720. The molecule has 0 unspecified atom stereocenters. The number of rotatable bonds is 3. The van der Waals surface area contributed by atoms with Gasteiger partial charge in [-0.3, -0.25) is 0 Å². The lowest BCUT2D eigenvalue weighted by molar-refractivity contribution is 0.232. The minimum Gasteiger partial charge on any atom is -0.300 e. The Morgan fingerprint density at radius 1 is 1.18 bits per heavy atom. The van der Waals surface area contributed by atoms with Gasteiger partial charge in [-0.05, 0) is 39.0 Å². The first kappa shape index (κ1) is 13.1. The summed E-state index contributed by atoms with van der Waals surface area (Å²) in [5.41, 5.74) is 1.76. The Morgan fingerprint density at radius 2 is 1.94 bits per heavy atom. The van der Waals surface area contributed by atoms with Gasteiger partial charge in [0.2, 0.25) is 0 Å². The molecule has 1 heterocycles. The van der Waals surface area contributed by atoms with Crippen molar-refractivity contribution in [3.8, 4) is 0 Å². The molecule has 0 bridgehead atoms. The summed E-state index contributed by atoms with van der Waals surface area (Å²) >= 11 is 0. The van der Waals surface area contributed by atoms with Crippen LogP contribution in [0.4, 0.5) is 0 Å². The lowest BCUT2D eigenvalue weighted by atomic mass is 9.84. The second kappa shape index (κ2) is 6.58. The van der Waals surface area contributed by atoms with Crippen LogP contribution in [0.3, 0.4) is 0 Å². The molecule has 1 aliphatic heterocycles. The lowest BCUT2D eigenvalue weighted by Gasteiger charge is -2.25. The van der Waals surface area contributed by atoms with Crippen molar-refractivity contribution in [3.05, 3.63) is 11.6 Å². The highest BCUT2D eigenvalue weighted by atomic mass is 15.1. The van der Waals surface area contributed by atoms with E-state index in [0.29, 0.717) is 0 Å². The molecule has 2 rings (SSSR count). The monoisotopic (exact) mass is 235 g/mol. The molecule has 1 aliphatic carbocycles. The smallest absolute Gasteiger partial charge is 0.00388 e. The summed E-state index contributed by atoms with van der Waals surface area (Å²) in [4.78, 5) is 2.63. The molecule has 98 valence electrons. The summed E-state index contributed by atoms with van der Waals surface area (Å²) in [5, 5.41) is 0. The lowest BCUT2D eigenvalue weighted by Crippen LogP contribution is -2.31. The zero-order chi connectivity index (χ0) is 12.1. The van der Waals surface area contributed by atoms with Crippen LogP contribution in [0.25, 0.3) is 0 Å². The Morgan fingerprint density at radius 3 is 2.65 bits per heavy atom. The van der Waals surface area contributed by atoms with Crippen LogP contribution in [0, 0.1) is 5.92 Å². The van der Waals surface area contributed by atoms with E-state index in [9.17, 15) is 0 Å². The molecule has 0 radical (unpaired) electrons. The van der Waals surface area contributed by atoms with Gasteiger partial charge in [-0.2, -0.15) is 0 Å². The Labute approximate surface area is 107 Å². The summed E-state index contributed by atoms with van der Waals surface area (Å²) in [6.07, 6.45) is 14.0. The first-order valence-corrected chi connectivity index (χ1v) is 7.67. The van der Waals surface area contributed by atoms with E-state index in [2.05, 4.69) is 24.8 Å². The Kier molecular flexibility index (Phi) is 5.09. The van der Waals surface area contributed by atoms with Crippen molar-refractivity contribution in [3.63, 3.8) is 0 Å². The van der Waals surface area contributed by atoms with Gasteiger partial charge in [0, 0.05) is 19.1 Å². The van der Waals surface area contributed by atoms with Crippen LogP contribution in [-0.4, -0.2) is 24.0 Å².